The number of hydrogen-bond donors (Lipinski definition) is 1. The number of halogens is 1. The van der Waals surface area contributed by atoms with E-state index >= 15 is 0 Å². The number of carbonyl (C=O) groups is 1. The van der Waals surface area contributed by atoms with E-state index in [1.807, 2.05) is 43.3 Å². The standard InChI is InChI=1S/C21H26N2O4.C6H5F/c1-15(23-12-10-19(4-3-13-24)27-21(23)25)16-5-7-17(8-6-16)18-9-11-22-20(14-18)26-2;7-6-4-2-1-3-5-6/h5-9,11,14-15,19,24H,3-4,10,12-13H2,1-2H3;1-5H. The first-order chi connectivity index (χ1) is 16.5. The highest BCUT2D eigenvalue weighted by Crippen LogP contribution is 2.29. The zero-order valence-electron chi connectivity index (χ0n) is 19.6. The van der Waals surface area contributed by atoms with Crippen LogP contribution in [-0.2, 0) is 4.74 Å². The summed E-state index contributed by atoms with van der Waals surface area (Å²) in [7, 11) is 1.60. The highest BCUT2D eigenvalue weighted by molar-refractivity contribution is 5.69. The molecule has 4 rings (SSSR count). The molecule has 2 unspecified atom stereocenters. The second kappa shape index (κ2) is 12.7. The third-order valence-electron chi connectivity index (χ3n) is 5.75. The van der Waals surface area contributed by atoms with Gasteiger partial charge in [0.2, 0.25) is 5.88 Å². The number of methoxy groups -OCH3 is 1. The number of aliphatic hydroxyl groups excluding tert-OH is 1. The van der Waals surface area contributed by atoms with Gasteiger partial charge in [0.1, 0.15) is 11.9 Å². The summed E-state index contributed by atoms with van der Waals surface area (Å²) in [4.78, 5) is 18.3. The lowest BCUT2D eigenvalue weighted by atomic mass is 10.0. The van der Waals surface area contributed by atoms with Crippen molar-refractivity contribution in [2.24, 2.45) is 0 Å². The SMILES string of the molecule is COc1cc(-c2ccc(C(C)N3CCC(CCCO)OC3=O)cc2)ccn1.Fc1ccccc1. The predicted molar refractivity (Wildman–Crippen MR) is 129 cm³/mol. The van der Waals surface area contributed by atoms with Crippen LogP contribution in [0.1, 0.15) is 37.8 Å². The number of nitrogens with zero attached hydrogens (tertiary/aromatic N) is 2. The zero-order valence-corrected chi connectivity index (χ0v) is 19.6. The highest BCUT2D eigenvalue weighted by Gasteiger charge is 2.30. The van der Waals surface area contributed by atoms with Crippen molar-refractivity contribution < 1.29 is 23.8 Å². The number of ether oxygens (including phenoxy) is 2. The van der Waals surface area contributed by atoms with E-state index < -0.39 is 0 Å². The minimum atomic E-state index is -0.278. The Kier molecular flexibility index (Phi) is 9.40. The lowest BCUT2D eigenvalue weighted by Crippen LogP contribution is -2.43. The second-order valence-electron chi connectivity index (χ2n) is 8.03. The fourth-order valence-corrected chi connectivity index (χ4v) is 3.77. The maximum absolute atomic E-state index is 12.4. The lowest BCUT2D eigenvalue weighted by molar-refractivity contribution is 0.00760. The summed E-state index contributed by atoms with van der Waals surface area (Å²) < 4.78 is 22.6. The number of amides is 1. The minimum absolute atomic E-state index is 0.0580. The van der Waals surface area contributed by atoms with Crippen LogP contribution in [0, 0.1) is 5.82 Å². The minimum Gasteiger partial charge on any atom is -0.481 e. The van der Waals surface area contributed by atoms with Gasteiger partial charge in [-0.15, -0.1) is 0 Å². The number of benzene rings is 2. The first kappa shape index (κ1) is 25.2. The molecule has 1 saturated heterocycles. The Labute approximate surface area is 200 Å². The van der Waals surface area contributed by atoms with Gasteiger partial charge in [-0.05, 0) is 54.7 Å². The molecule has 7 heteroatoms. The molecule has 1 N–H and O–H groups in total. The van der Waals surface area contributed by atoms with Crippen molar-refractivity contribution in [3.8, 4) is 17.0 Å². The average Bonchev–Trinajstić information content (AvgIpc) is 2.88. The number of pyridine rings is 1. The Morgan fingerprint density at radius 3 is 2.47 bits per heavy atom. The molecule has 6 nitrogen and oxygen atoms in total. The quantitative estimate of drug-likeness (QED) is 0.489. The Balaban J connectivity index is 0.000000396. The van der Waals surface area contributed by atoms with Gasteiger partial charge in [0.15, 0.2) is 0 Å². The van der Waals surface area contributed by atoms with E-state index in [9.17, 15) is 9.18 Å². The predicted octanol–water partition coefficient (Wildman–Crippen LogP) is 5.63. The molecule has 1 fully saturated rings. The van der Waals surface area contributed by atoms with Crippen molar-refractivity contribution >= 4 is 6.09 Å². The number of hydrogen-bond acceptors (Lipinski definition) is 5. The maximum atomic E-state index is 12.4. The van der Waals surface area contributed by atoms with Gasteiger partial charge in [0.05, 0.1) is 13.2 Å². The third-order valence-corrected chi connectivity index (χ3v) is 5.75. The van der Waals surface area contributed by atoms with Crippen LogP contribution in [-0.4, -0.2) is 47.4 Å². The summed E-state index contributed by atoms with van der Waals surface area (Å²) >= 11 is 0. The molecule has 2 heterocycles. The van der Waals surface area contributed by atoms with Crippen molar-refractivity contribution in [2.45, 2.75) is 38.3 Å². The molecule has 2 aromatic carbocycles. The molecule has 180 valence electrons. The highest BCUT2D eigenvalue weighted by atomic mass is 19.1. The van der Waals surface area contributed by atoms with Crippen LogP contribution < -0.4 is 4.74 Å². The molecule has 2 atom stereocenters. The Bertz CT molecular complexity index is 1030. The zero-order chi connectivity index (χ0) is 24.3. The number of carbonyl (C=O) groups excluding carboxylic acids is 1. The van der Waals surface area contributed by atoms with E-state index in [1.54, 1.807) is 36.4 Å². The summed E-state index contributed by atoms with van der Waals surface area (Å²) in [6, 6.07) is 19.9. The molecule has 0 bridgehead atoms. The topological polar surface area (TPSA) is 71.9 Å². The van der Waals surface area contributed by atoms with Crippen LogP contribution in [0.25, 0.3) is 11.1 Å². The average molecular weight is 467 g/mol. The first-order valence-electron chi connectivity index (χ1n) is 11.4. The van der Waals surface area contributed by atoms with Crippen molar-refractivity contribution in [2.75, 3.05) is 20.3 Å². The van der Waals surface area contributed by atoms with Gasteiger partial charge in [-0.25, -0.2) is 14.2 Å². The van der Waals surface area contributed by atoms with Crippen molar-refractivity contribution in [3.63, 3.8) is 0 Å². The summed E-state index contributed by atoms with van der Waals surface area (Å²) in [5.41, 5.74) is 3.16. The molecular weight excluding hydrogens is 435 g/mol. The van der Waals surface area contributed by atoms with Crippen molar-refractivity contribution in [1.29, 1.82) is 0 Å². The van der Waals surface area contributed by atoms with Crippen LogP contribution in [0.15, 0.2) is 72.9 Å². The monoisotopic (exact) mass is 466 g/mol. The van der Waals surface area contributed by atoms with Crippen molar-refractivity contribution in [1.82, 2.24) is 9.88 Å². The smallest absolute Gasteiger partial charge is 0.410 e. The van der Waals surface area contributed by atoms with Gasteiger partial charge in [-0.3, -0.25) is 0 Å². The van der Waals surface area contributed by atoms with E-state index in [1.165, 1.54) is 12.1 Å². The number of cyclic esters (lactones) is 1. The summed E-state index contributed by atoms with van der Waals surface area (Å²) in [5, 5.41) is 8.92. The van der Waals surface area contributed by atoms with Gasteiger partial charge in [0.25, 0.3) is 0 Å². The third kappa shape index (κ3) is 7.02. The number of aromatic nitrogens is 1. The summed E-state index contributed by atoms with van der Waals surface area (Å²) in [6.45, 7) is 2.81. The van der Waals surface area contributed by atoms with Crippen LogP contribution >= 0.6 is 0 Å². The van der Waals surface area contributed by atoms with E-state index in [0.29, 0.717) is 25.3 Å². The first-order valence-corrected chi connectivity index (χ1v) is 11.4. The molecule has 1 aliphatic heterocycles. The Morgan fingerprint density at radius 1 is 1.15 bits per heavy atom. The lowest BCUT2D eigenvalue weighted by Gasteiger charge is -2.35. The van der Waals surface area contributed by atoms with Crippen LogP contribution in [0.5, 0.6) is 5.88 Å². The van der Waals surface area contributed by atoms with Gasteiger partial charge in [-0.2, -0.15) is 0 Å². The van der Waals surface area contributed by atoms with Gasteiger partial charge < -0.3 is 19.5 Å². The van der Waals surface area contributed by atoms with Crippen molar-refractivity contribution in [3.05, 3.63) is 84.3 Å². The number of aliphatic hydroxyl groups is 1. The summed E-state index contributed by atoms with van der Waals surface area (Å²) in [5.74, 6) is 0.402. The van der Waals surface area contributed by atoms with Gasteiger partial charge >= 0.3 is 6.09 Å². The molecule has 0 saturated carbocycles. The second-order valence-corrected chi connectivity index (χ2v) is 8.03. The van der Waals surface area contributed by atoms with E-state index in [4.69, 9.17) is 14.6 Å². The maximum Gasteiger partial charge on any atom is 0.410 e. The fraction of sp³-hybridized carbons (Fsp3) is 0.333. The van der Waals surface area contributed by atoms with Gasteiger partial charge in [0, 0.05) is 31.8 Å². The normalized spacial score (nSPS) is 16.2. The molecule has 1 amide bonds. The molecule has 0 radical (unpaired) electrons. The summed E-state index contributed by atoms with van der Waals surface area (Å²) in [6.07, 6.45) is 3.53. The molecule has 1 aliphatic rings. The van der Waals surface area contributed by atoms with Crippen LogP contribution in [0.2, 0.25) is 0 Å². The molecule has 0 aliphatic carbocycles. The molecule has 34 heavy (non-hydrogen) atoms. The van der Waals surface area contributed by atoms with E-state index in [0.717, 1.165) is 23.1 Å². The molecule has 3 aromatic rings. The largest absolute Gasteiger partial charge is 0.481 e. The fourth-order valence-electron chi connectivity index (χ4n) is 3.77. The molecular formula is C27H31FN2O4. The van der Waals surface area contributed by atoms with Crippen LogP contribution in [0.4, 0.5) is 9.18 Å². The molecule has 0 spiro atoms. The van der Waals surface area contributed by atoms with Gasteiger partial charge in [-0.1, -0.05) is 42.5 Å². The number of rotatable bonds is 7. The molecule has 1 aromatic heterocycles. The van der Waals surface area contributed by atoms with E-state index in [2.05, 4.69) is 4.98 Å². The Hall–Kier alpha value is -3.45. The Morgan fingerprint density at radius 2 is 1.88 bits per heavy atom. The van der Waals surface area contributed by atoms with E-state index in [-0.39, 0.29) is 30.7 Å². The van der Waals surface area contributed by atoms with Crippen LogP contribution in [0.3, 0.4) is 0 Å².